The second kappa shape index (κ2) is 5.01. The summed E-state index contributed by atoms with van der Waals surface area (Å²) in [5, 5.41) is 8.84. The molecule has 2 heterocycles. The molecular weight excluding hydrogens is 260 g/mol. The zero-order valence-corrected chi connectivity index (χ0v) is 12.0. The van der Waals surface area contributed by atoms with Crippen molar-refractivity contribution in [1.82, 2.24) is 14.5 Å². The predicted molar refractivity (Wildman–Crippen MR) is 79.5 cm³/mol. The molecule has 1 aromatic heterocycles. The standard InChI is InChI=1S/C17H18N4/c18-9-13-1-3-14(4-2-13)10-20-8-7-17-16(11-20)19-12-21(17)15-5-6-15/h1-4,12,15H,5-8,10-11H2. The van der Waals surface area contributed by atoms with Gasteiger partial charge in [-0.05, 0) is 30.5 Å². The first-order valence-electron chi connectivity index (χ1n) is 7.59. The molecule has 106 valence electrons. The molecule has 1 saturated carbocycles. The Morgan fingerprint density at radius 2 is 2.05 bits per heavy atom. The van der Waals surface area contributed by atoms with Gasteiger partial charge in [-0.15, -0.1) is 0 Å². The van der Waals surface area contributed by atoms with Gasteiger partial charge in [0.1, 0.15) is 0 Å². The van der Waals surface area contributed by atoms with Crippen LogP contribution in [0.2, 0.25) is 0 Å². The van der Waals surface area contributed by atoms with E-state index in [4.69, 9.17) is 5.26 Å². The number of fused-ring (bicyclic) bond motifs is 1. The van der Waals surface area contributed by atoms with E-state index < -0.39 is 0 Å². The molecular formula is C17H18N4. The van der Waals surface area contributed by atoms with Gasteiger partial charge in [0.15, 0.2) is 0 Å². The molecule has 1 aromatic carbocycles. The fourth-order valence-electron chi connectivity index (χ4n) is 3.13. The minimum Gasteiger partial charge on any atom is -0.331 e. The van der Waals surface area contributed by atoms with E-state index in [0.717, 1.165) is 37.7 Å². The molecule has 0 bridgehead atoms. The van der Waals surface area contributed by atoms with Gasteiger partial charge in [0, 0.05) is 37.8 Å². The van der Waals surface area contributed by atoms with E-state index in [0.29, 0.717) is 0 Å². The van der Waals surface area contributed by atoms with Crippen LogP contribution in [0.5, 0.6) is 0 Å². The van der Waals surface area contributed by atoms with Gasteiger partial charge < -0.3 is 4.57 Å². The molecule has 0 unspecified atom stereocenters. The van der Waals surface area contributed by atoms with Crippen molar-refractivity contribution in [2.45, 2.75) is 38.4 Å². The highest BCUT2D eigenvalue weighted by Gasteiger charge is 2.29. The summed E-state index contributed by atoms with van der Waals surface area (Å²) < 4.78 is 2.40. The van der Waals surface area contributed by atoms with Gasteiger partial charge in [-0.25, -0.2) is 4.98 Å². The van der Waals surface area contributed by atoms with Gasteiger partial charge in [-0.1, -0.05) is 12.1 Å². The van der Waals surface area contributed by atoms with Gasteiger partial charge >= 0.3 is 0 Å². The monoisotopic (exact) mass is 278 g/mol. The summed E-state index contributed by atoms with van der Waals surface area (Å²) in [7, 11) is 0. The van der Waals surface area contributed by atoms with E-state index in [9.17, 15) is 0 Å². The Morgan fingerprint density at radius 1 is 1.24 bits per heavy atom. The predicted octanol–water partition coefficient (Wildman–Crippen LogP) is 2.65. The third-order valence-electron chi connectivity index (χ3n) is 4.45. The molecule has 0 spiro atoms. The quantitative estimate of drug-likeness (QED) is 0.867. The minimum atomic E-state index is 0.725. The summed E-state index contributed by atoms with van der Waals surface area (Å²) in [6, 6.07) is 10.8. The molecule has 4 heteroatoms. The van der Waals surface area contributed by atoms with E-state index in [1.807, 2.05) is 18.5 Å². The second-order valence-corrected chi connectivity index (χ2v) is 6.05. The first-order chi connectivity index (χ1) is 10.3. The van der Waals surface area contributed by atoms with Crippen LogP contribution >= 0.6 is 0 Å². The number of nitriles is 1. The third-order valence-corrected chi connectivity index (χ3v) is 4.45. The van der Waals surface area contributed by atoms with Crippen LogP contribution in [-0.4, -0.2) is 21.0 Å². The maximum absolute atomic E-state index is 8.84. The van der Waals surface area contributed by atoms with Crippen molar-refractivity contribution >= 4 is 0 Å². The maximum Gasteiger partial charge on any atom is 0.0991 e. The molecule has 0 atom stereocenters. The summed E-state index contributed by atoms with van der Waals surface area (Å²) >= 11 is 0. The number of hydrogen-bond donors (Lipinski definition) is 0. The summed E-state index contributed by atoms with van der Waals surface area (Å²) in [6.45, 7) is 2.96. The number of aromatic nitrogens is 2. The zero-order chi connectivity index (χ0) is 14.2. The average molecular weight is 278 g/mol. The molecule has 0 radical (unpaired) electrons. The SMILES string of the molecule is N#Cc1ccc(CN2CCc3c(ncn3C3CC3)C2)cc1. The Labute approximate surface area is 124 Å². The molecule has 1 aliphatic carbocycles. The highest BCUT2D eigenvalue weighted by molar-refractivity contribution is 5.31. The van der Waals surface area contributed by atoms with Gasteiger partial charge in [-0.2, -0.15) is 5.26 Å². The van der Waals surface area contributed by atoms with Crippen LogP contribution < -0.4 is 0 Å². The van der Waals surface area contributed by atoms with E-state index >= 15 is 0 Å². The van der Waals surface area contributed by atoms with Gasteiger partial charge in [0.05, 0.1) is 23.7 Å². The molecule has 21 heavy (non-hydrogen) atoms. The van der Waals surface area contributed by atoms with Crippen LogP contribution in [0, 0.1) is 11.3 Å². The lowest BCUT2D eigenvalue weighted by molar-refractivity contribution is 0.239. The lowest BCUT2D eigenvalue weighted by Crippen LogP contribution is -2.30. The van der Waals surface area contributed by atoms with Crippen LogP contribution in [0.4, 0.5) is 0 Å². The number of rotatable bonds is 3. The third kappa shape index (κ3) is 2.45. The van der Waals surface area contributed by atoms with Crippen LogP contribution in [0.1, 0.15) is 41.4 Å². The van der Waals surface area contributed by atoms with Gasteiger partial charge in [0.2, 0.25) is 0 Å². The molecule has 1 fully saturated rings. The smallest absolute Gasteiger partial charge is 0.0991 e. The first-order valence-corrected chi connectivity index (χ1v) is 7.59. The fourth-order valence-corrected chi connectivity index (χ4v) is 3.13. The van der Waals surface area contributed by atoms with E-state index in [2.05, 4.69) is 32.7 Å². The normalized spacial score (nSPS) is 18.2. The van der Waals surface area contributed by atoms with Crippen molar-refractivity contribution in [2.75, 3.05) is 6.54 Å². The van der Waals surface area contributed by atoms with Crippen LogP contribution in [0.3, 0.4) is 0 Å². The number of benzene rings is 1. The average Bonchev–Trinajstić information content (AvgIpc) is 3.28. The van der Waals surface area contributed by atoms with E-state index in [1.165, 1.54) is 29.8 Å². The Balaban J connectivity index is 1.46. The largest absolute Gasteiger partial charge is 0.331 e. The van der Waals surface area contributed by atoms with Crippen molar-refractivity contribution in [3.05, 3.63) is 53.1 Å². The molecule has 1 aliphatic heterocycles. The summed E-state index contributed by atoms with van der Waals surface area (Å²) in [4.78, 5) is 7.05. The number of nitrogens with zero attached hydrogens (tertiary/aromatic N) is 4. The second-order valence-electron chi connectivity index (χ2n) is 6.05. The van der Waals surface area contributed by atoms with Gasteiger partial charge in [-0.3, -0.25) is 4.90 Å². The Hall–Kier alpha value is -2.12. The van der Waals surface area contributed by atoms with Crippen LogP contribution in [0.15, 0.2) is 30.6 Å². The van der Waals surface area contributed by atoms with Crippen molar-refractivity contribution in [2.24, 2.45) is 0 Å². The topological polar surface area (TPSA) is 44.9 Å². The highest BCUT2D eigenvalue weighted by Crippen LogP contribution is 2.37. The van der Waals surface area contributed by atoms with Crippen molar-refractivity contribution in [3.63, 3.8) is 0 Å². The van der Waals surface area contributed by atoms with Crippen LogP contribution in [0.25, 0.3) is 0 Å². The van der Waals surface area contributed by atoms with E-state index in [-0.39, 0.29) is 0 Å². The van der Waals surface area contributed by atoms with Crippen molar-refractivity contribution in [1.29, 1.82) is 5.26 Å². The van der Waals surface area contributed by atoms with E-state index in [1.54, 1.807) is 0 Å². The van der Waals surface area contributed by atoms with Crippen molar-refractivity contribution < 1.29 is 0 Å². The molecule has 0 N–H and O–H groups in total. The molecule has 2 aliphatic rings. The Morgan fingerprint density at radius 3 is 2.76 bits per heavy atom. The number of imidazole rings is 1. The van der Waals surface area contributed by atoms with Crippen LogP contribution in [-0.2, 0) is 19.5 Å². The molecule has 2 aromatic rings. The summed E-state index contributed by atoms with van der Waals surface area (Å²) in [6.07, 6.45) is 5.77. The molecule has 0 amide bonds. The Bertz CT molecular complexity index is 689. The van der Waals surface area contributed by atoms with Gasteiger partial charge in [0.25, 0.3) is 0 Å². The zero-order valence-electron chi connectivity index (χ0n) is 12.0. The lowest BCUT2D eigenvalue weighted by Gasteiger charge is -2.27. The maximum atomic E-state index is 8.84. The molecule has 0 saturated heterocycles. The van der Waals surface area contributed by atoms with Crippen molar-refractivity contribution in [3.8, 4) is 6.07 Å². The lowest BCUT2D eigenvalue weighted by atomic mass is 10.1. The molecule has 4 nitrogen and oxygen atoms in total. The fraction of sp³-hybridized carbons (Fsp3) is 0.412. The Kier molecular flexibility index (Phi) is 3.01. The molecule has 4 rings (SSSR count). The first kappa shape index (κ1) is 12.6. The summed E-state index contributed by atoms with van der Waals surface area (Å²) in [5.74, 6) is 0. The minimum absolute atomic E-state index is 0.725. The highest BCUT2D eigenvalue weighted by atomic mass is 15.2. The number of hydrogen-bond acceptors (Lipinski definition) is 3. The summed E-state index contributed by atoms with van der Waals surface area (Å²) in [5.41, 5.74) is 4.69.